The first-order valence-corrected chi connectivity index (χ1v) is 27.0. The van der Waals surface area contributed by atoms with E-state index >= 15 is 0 Å². The number of ether oxygens (including phenoxy) is 1. The molecule has 1 atom stereocenters. The average molecular weight is 964 g/mol. The van der Waals surface area contributed by atoms with Gasteiger partial charge >= 0.3 is 151 Å². The summed E-state index contributed by atoms with van der Waals surface area (Å²) in [6.45, 7) is 10.7. The molecule has 3 aromatic carbocycles. The molecule has 0 spiro atoms. The first-order valence-electron chi connectivity index (χ1n) is 22.3. The molecule has 5 aromatic rings. The summed E-state index contributed by atoms with van der Waals surface area (Å²) in [4.78, 5) is 49.5. The van der Waals surface area contributed by atoms with E-state index < -0.39 is 51.6 Å². The van der Waals surface area contributed by atoms with Gasteiger partial charge in [-0.2, -0.15) is 0 Å². The van der Waals surface area contributed by atoms with Crippen LogP contribution in [-0.4, -0.2) is 128 Å². The van der Waals surface area contributed by atoms with Crippen molar-refractivity contribution in [2.75, 3.05) is 88.2 Å². The predicted molar refractivity (Wildman–Crippen MR) is 261 cm³/mol. The number of pyridine rings is 1. The number of aromatic nitrogens is 2. The number of nitrogens with zero attached hydrogens (tertiary/aromatic N) is 5. The van der Waals surface area contributed by atoms with E-state index in [9.17, 15) is 32.6 Å². The summed E-state index contributed by atoms with van der Waals surface area (Å²) in [5.41, 5.74) is 5.06. The van der Waals surface area contributed by atoms with E-state index in [4.69, 9.17) is 16.3 Å². The van der Waals surface area contributed by atoms with E-state index in [0.717, 1.165) is 67.1 Å². The van der Waals surface area contributed by atoms with Gasteiger partial charge < -0.3 is 14.6 Å². The SMILES string of the molecule is CC1(C)CCC(CN2CCN(c3ccc(C(=O)NS(=O)(=O)c4ccc(NCC(CF)N5CC[PH](C)(O)CC5)c([N+](=O)[O-])c4)c(Oc4cnc5[nH]ccc5c4)c3)CC2)=C(c2ccc(Cl)cc2)C1. The van der Waals surface area contributed by atoms with E-state index in [-0.39, 0.29) is 29.0 Å². The van der Waals surface area contributed by atoms with E-state index in [2.05, 4.69) is 55.8 Å². The van der Waals surface area contributed by atoms with Gasteiger partial charge in [0, 0.05) is 61.1 Å². The van der Waals surface area contributed by atoms with Crippen molar-refractivity contribution in [3.63, 3.8) is 0 Å². The summed E-state index contributed by atoms with van der Waals surface area (Å²) < 4.78 is 50.1. The standard InChI is InChI=1S/C47H57ClFN8O7PS/c1-47(2)14-12-34(41(27-47)32-4-6-35(48)7-5-32)31-54-16-18-55(19-17-54)36-8-10-40(44(25-36)64-38-24-33-13-15-50-45(33)52-30-38)46(58)53-66(62,63)39-9-11-42(43(26-39)57(59)60)51-29-37(28-49)56-20-22-65(3,61)23-21-56/h4-11,13,15,24-26,30,37,51,61,65H,12,14,16-23,27-29,31H2,1-3H3,(H,50,52)(H,53,58). The third kappa shape index (κ3) is 11.2. The number of anilines is 2. The van der Waals surface area contributed by atoms with Gasteiger partial charge in [-0.15, -0.1) is 0 Å². The number of nitrogens with one attached hydrogen (secondary N) is 3. The largest absolute Gasteiger partial charge is 0.455 e. The van der Waals surface area contributed by atoms with Gasteiger partial charge in [0.2, 0.25) is 0 Å². The van der Waals surface area contributed by atoms with Crippen LogP contribution < -0.4 is 19.7 Å². The Labute approximate surface area is 390 Å². The average Bonchev–Trinajstić information content (AvgIpc) is 3.76. The Kier molecular flexibility index (Phi) is 14.0. The quantitative estimate of drug-likeness (QED) is 0.0449. The van der Waals surface area contributed by atoms with Gasteiger partial charge in [-0.05, 0) is 72.2 Å². The molecule has 2 aliphatic heterocycles. The molecule has 2 aromatic heterocycles. The molecule has 19 heteroatoms. The Hall–Kier alpha value is -5.16. The molecule has 8 rings (SSSR count). The van der Waals surface area contributed by atoms with Crippen LogP contribution in [0, 0.1) is 15.5 Å². The summed E-state index contributed by atoms with van der Waals surface area (Å²) in [5, 5.41) is 16.6. The zero-order valence-electron chi connectivity index (χ0n) is 37.4. The van der Waals surface area contributed by atoms with Crippen LogP contribution in [0.3, 0.4) is 0 Å². The predicted octanol–water partition coefficient (Wildman–Crippen LogP) is 8.17. The second-order valence-corrected chi connectivity index (χ2v) is 24.8. The van der Waals surface area contributed by atoms with Crippen molar-refractivity contribution in [1.82, 2.24) is 24.5 Å². The van der Waals surface area contributed by atoms with E-state index in [1.54, 1.807) is 24.4 Å². The van der Waals surface area contributed by atoms with E-state index in [1.807, 2.05) is 29.8 Å². The van der Waals surface area contributed by atoms with Crippen LogP contribution in [0.4, 0.5) is 21.5 Å². The topological polar surface area (TPSA) is 186 Å². The molecular formula is C47H57ClFN8O7PS. The Balaban J connectivity index is 0.988. The van der Waals surface area contributed by atoms with Crippen molar-refractivity contribution in [2.24, 2.45) is 5.41 Å². The van der Waals surface area contributed by atoms with Crippen molar-refractivity contribution in [3.8, 4) is 11.5 Å². The molecule has 1 unspecified atom stereocenters. The number of hydrogen-bond donors (Lipinski definition) is 4. The zero-order valence-corrected chi connectivity index (χ0v) is 39.9. The van der Waals surface area contributed by atoms with E-state index in [0.29, 0.717) is 49.9 Å². The number of nitro groups is 1. The maximum Gasteiger partial charge on any atom is 0.146 e. The smallest absolute Gasteiger partial charge is 0.146 e. The number of carbonyl (C=O) groups is 1. The summed E-state index contributed by atoms with van der Waals surface area (Å²) in [6, 6.07) is 19.4. The van der Waals surface area contributed by atoms with Crippen molar-refractivity contribution in [1.29, 1.82) is 0 Å². The number of rotatable bonds is 15. The number of sulfonamides is 1. The number of allylic oxidation sites excluding steroid dienone is 1. The summed E-state index contributed by atoms with van der Waals surface area (Å²) in [7, 11) is -6.95. The molecule has 0 radical (unpaired) electrons. The Morgan fingerprint density at radius 3 is 2.50 bits per heavy atom. The first kappa shape index (κ1) is 47.3. The molecule has 4 heterocycles. The first-order chi connectivity index (χ1) is 31.5. The third-order valence-corrected chi connectivity index (χ3v) is 17.3. The van der Waals surface area contributed by atoms with Crippen LogP contribution in [0.5, 0.6) is 11.5 Å². The number of aromatic amines is 1. The zero-order chi connectivity index (χ0) is 46.8. The Bertz CT molecular complexity index is 2740. The molecule has 3 aliphatic rings. The summed E-state index contributed by atoms with van der Waals surface area (Å²) in [5.74, 6) is -0.588. The fraction of sp³-hybridized carbons (Fsp3) is 0.404. The van der Waals surface area contributed by atoms with Gasteiger partial charge in [-0.3, -0.25) is 9.69 Å². The van der Waals surface area contributed by atoms with Gasteiger partial charge in [0.05, 0.1) is 11.8 Å². The number of H-pyrrole nitrogens is 1. The number of alkyl halides is 1. The molecule has 4 N–H and O–H groups in total. The molecule has 66 heavy (non-hydrogen) atoms. The summed E-state index contributed by atoms with van der Waals surface area (Å²) in [6.07, 6.45) is 7.60. The van der Waals surface area contributed by atoms with Crippen molar-refractivity contribution < 1.29 is 32.2 Å². The van der Waals surface area contributed by atoms with Crippen LogP contribution in [0.25, 0.3) is 16.6 Å². The van der Waals surface area contributed by atoms with E-state index in [1.165, 1.54) is 35.0 Å². The van der Waals surface area contributed by atoms with Gasteiger partial charge in [0.15, 0.2) is 0 Å². The van der Waals surface area contributed by atoms with Gasteiger partial charge in [-0.25, -0.2) is 4.98 Å². The van der Waals surface area contributed by atoms with Gasteiger partial charge in [0.25, 0.3) is 5.91 Å². The van der Waals surface area contributed by atoms with Crippen molar-refractivity contribution >= 4 is 68.7 Å². The second kappa shape index (κ2) is 19.6. The molecule has 1 aliphatic carbocycles. The maximum absolute atomic E-state index is 14.2. The number of halogens is 2. The number of piperazine rings is 1. The third-order valence-electron chi connectivity index (χ3n) is 13.1. The number of benzene rings is 3. The minimum absolute atomic E-state index is 0.0000195. The van der Waals surface area contributed by atoms with Crippen LogP contribution in [0.2, 0.25) is 5.02 Å². The molecule has 15 nitrogen and oxygen atoms in total. The Morgan fingerprint density at radius 1 is 1.05 bits per heavy atom. The number of fused-ring (bicyclic) bond motifs is 1. The van der Waals surface area contributed by atoms with Crippen LogP contribution in [0.15, 0.2) is 95.7 Å². The molecule has 2 saturated heterocycles. The maximum atomic E-state index is 14.2. The Morgan fingerprint density at radius 2 is 1.79 bits per heavy atom. The molecule has 0 bridgehead atoms. The molecular weight excluding hydrogens is 906 g/mol. The summed E-state index contributed by atoms with van der Waals surface area (Å²) >= 11 is 6.24. The van der Waals surface area contributed by atoms with Gasteiger partial charge in [-0.1, -0.05) is 43.2 Å². The van der Waals surface area contributed by atoms with Crippen molar-refractivity contribution in [2.45, 2.75) is 44.0 Å². The fourth-order valence-electron chi connectivity index (χ4n) is 9.08. The molecule has 2 fully saturated rings. The van der Waals surface area contributed by atoms with Gasteiger partial charge in [0.1, 0.15) is 17.1 Å². The van der Waals surface area contributed by atoms with Crippen LogP contribution >= 0.6 is 19.1 Å². The minimum atomic E-state index is -4.65. The minimum Gasteiger partial charge on any atom is -0.455 e. The monoisotopic (exact) mass is 962 g/mol. The number of carbonyl (C=O) groups excluding carboxylic acids is 1. The van der Waals surface area contributed by atoms with Crippen LogP contribution in [-0.2, 0) is 10.0 Å². The number of nitro benzene ring substituents is 1. The molecule has 0 saturated carbocycles. The second-order valence-electron chi connectivity index (χ2n) is 18.7. The normalized spacial score (nSPS) is 19.0. The number of amides is 1. The molecule has 352 valence electrons. The van der Waals surface area contributed by atoms with Crippen molar-refractivity contribution in [3.05, 3.63) is 117 Å². The fourth-order valence-corrected chi connectivity index (χ4v) is 12.0. The van der Waals surface area contributed by atoms with Crippen LogP contribution in [0.1, 0.15) is 49.0 Å². The number of hydrogen-bond acceptors (Lipinski definition) is 12. The molecule has 1 amide bonds.